The van der Waals surface area contributed by atoms with E-state index in [1.54, 1.807) is 24.3 Å². The van der Waals surface area contributed by atoms with Gasteiger partial charge in [0.05, 0.1) is 21.3 Å². The van der Waals surface area contributed by atoms with Gasteiger partial charge in [0.15, 0.2) is 28.8 Å². The van der Waals surface area contributed by atoms with E-state index in [9.17, 15) is 9.59 Å². The summed E-state index contributed by atoms with van der Waals surface area (Å²) in [7, 11) is 5.52. The molecule has 0 saturated carbocycles. The Morgan fingerprint density at radius 1 is 0.968 bits per heavy atom. The molecule has 1 aliphatic carbocycles. The van der Waals surface area contributed by atoms with Crippen LogP contribution in [0.2, 0.25) is 0 Å². The summed E-state index contributed by atoms with van der Waals surface area (Å²) in [6, 6.07) is 6.54. The number of benzene rings is 2. The molecule has 2 aromatic rings. The Morgan fingerprint density at radius 2 is 1.68 bits per heavy atom. The molecule has 0 fully saturated rings. The van der Waals surface area contributed by atoms with Crippen LogP contribution in [0, 0.1) is 0 Å². The summed E-state index contributed by atoms with van der Waals surface area (Å²) in [6.45, 7) is 0.0611. The van der Waals surface area contributed by atoms with Gasteiger partial charge in [-0.15, -0.1) is 0 Å². The van der Waals surface area contributed by atoms with Crippen LogP contribution in [-0.4, -0.2) is 52.7 Å². The molecule has 0 spiro atoms. The second kappa shape index (κ2) is 8.02. The number of carbonyl (C=O) groups is 2. The van der Waals surface area contributed by atoms with E-state index in [2.05, 4.69) is 5.16 Å². The molecule has 160 valence electrons. The highest BCUT2D eigenvalue weighted by Crippen LogP contribution is 2.42. The van der Waals surface area contributed by atoms with E-state index in [-0.39, 0.29) is 23.9 Å². The number of nitrogens with zero attached hydrogens (tertiary/aromatic N) is 1. The van der Waals surface area contributed by atoms with Gasteiger partial charge >= 0.3 is 5.97 Å². The number of ether oxygens (including phenoxy) is 5. The molecule has 9 nitrogen and oxygen atoms in total. The fraction of sp³-hybridized carbons (Fsp3) is 0.227. The third kappa shape index (κ3) is 3.24. The summed E-state index contributed by atoms with van der Waals surface area (Å²) in [5, 5.41) is 4.14. The van der Waals surface area contributed by atoms with Crippen molar-refractivity contribution in [2.45, 2.75) is 0 Å². The normalized spacial score (nSPS) is 15.3. The van der Waals surface area contributed by atoms with E-state index in [1.165, 1.54) is 34.5 Å². The van der Waals surface area contributed by atoms with Crippen molar-refractivity contribution < 1.29 is 38.1 Å². The number of fused-ring (bicyclic) bond motifs is 2. The summed E-state index contributed by atoms with van der Waals surface area (Å²) < 4.78 is 26.5. The lowest BCUT2D eigenvalue weighted by Crippen LogP contribution is -2.20. The molecule has 2 aromatic carbocycles. The van der Waals surface area contributed by atoms with Crippen LogP contribution in [0.25, 0.3) is 5.57 Å². The second-order valence-corrected chi connectivity index (χ2v) is 6.51. The van der Waals surface area contributed by atoms with Gasteiger partial charge in [0.2, 0.25) is 6.79 Å². The van der Waals surface area contributed by atoms with Crippen molar-refractivity contribution in [3.63, 3.8) is 0 Å². The molecule has 0 N–H and O–H groups in total. The highest BCUT2D eigenvalue weighted by molar-refractivity contribution is 6.41. The van der Waals surface area contributed by atoms with Gasteiger partial charge in [-0.3, -0.25) is 4.79 Å². The van der Waals surface area contributed by atoms with Crippen molar-refractivity contribution in [1.29, 1.82) is 0 Å². The van der Waals surface area contributed by atoms with Crippen LogP contribution < -0.4 is 18.9 Å². The fourth-order valence-electron chi connectivity index (χ4n) is 3.62. The number of esters is 1. The predicted octanol–water partition coefficient (Wildman–Crippen LogP) is 2.85. The molecular weight excluding hydrogens is 406 g/mol. The van der Waals surface area contributed by atoms with E-state index in [0.29, 0.717) is 45.2 Å². The molecular formula is C22H19NO8. The van der Waals surface area contributed by atoms with Crippen LogP contribution >= 0.6 is 0 Å². The summed E-state index contributed by atoms with van der Waals surface area (Å²) >= 11 is 0. The minimum absolute atomic E-state index is 0.0611. The largest absolute Gasteiger partial charge is 0.493 e. The molecule has 1 aliphatic heterocycles. The van der Waals surface area contributed by atoms with Crippen molar-refractivity contribution in [2.75, 3.05) is 35.2 Å². The summed E-state index contributed by atoms with van der Waals surface area (Å²) in [6.07, 6.45) is 1.38. The Morgan fingerprint density at radius 3 is 2.29 bits per heavy atom. The summed E-state index contributed by atoms with van der Waals surface area (Å²) in [5.74, 6) is 0.521. The predicted molar refractivity (Wildman–Crippen MR) is 109 cm³/mol. The molecule has 0 radical (unpaired) electrons. The van der Waals surface area contributed by atoms with Gasteiger partial charge in [-0.2, -0.15) is 0 Å². The molecule has 0 bridgehead atoms. The zero-order valence-corrected chi connectivity index (χ0v) is 17.3. The summed E-state index contributed by atoms with van der Waals surface area (Å²) in [4.78, 5) is 30.8. The van der Waals surface area contributed by atoms with Crippen molar-refractivity contribution >= 4 is 23.0 Å². The van der Waals surface area contributed by atoms with Gasteiger partial charge in [0.1, 0.15) is 18.4 Å². The van der Waals surface area contributed by atoms with Crippen LogP contribution in [0.5, 0.6) is 23.0 Å². The highest BCUT2D eigenvalue weighted by Gasteiger charge is 2.33. The zero-order chi connectivity index (χ0) is 22.1. The average molecular weight is 425 g/mol. The Kier molecular flexibility index (Phi) is 5.24. The average Bonchev–Trinajstić information content (AvgIpc) is 3.25. The number of ketones is 1. The number of hydrogen-bond donors (Lipinski definition) is 0. The zero-order valence-electron chi connectivity index (χ0n) is 17.3. The van der Waals surface area contributed by atoms with E-state index in [4.69, 9.17) is 28.5 Å². The first-order valence-corrected chi connectivity index (χ1v) is 9.19. The van der Waals surface area contributed by atoms with E-state index < -0.39 is 5.97 Å². The Labute approximate surface area is 177 Å². The van der Waals surface area contributed by atoms with Crippen LogP contribution in [0.3, 0.4) is 0 Å². The van der Waals surface area contributed by atoms with E-state index in [0.717, 1.165) is 0 Å². The van der Waals surface area contributed by atoms with E-state index in [1.807, 2.05) is 0 Å². The molecule has 1 heterocycles. The first kappa shape index (κ1) is 20.3. The van der Waals surface area contributed by atoms with E-state index >= 15 is 0 Å². The van der Waals surface area contributed by atoms with Gasteiger partial charge in [-0.1, -0.05) is 5.16 Å². The third-order valence-electron chi connectivity index (χ3n) is 4.97. The Balaban J connectivity index is 1.98. The van der Waals surface area contributed by atoms with Crippen LogP contribution in [0.4, 0.5) is 0 Å². The maximum Gasteiger partial charge on any atom is 0.342 e. The van der Waals surface area contributed by atoms with Crippen molar-refractivity contribution in [3.8, 4) is 23.0 Å². The minimum Gasteiger partial charge on any atom is -0.493 e. The lowest BCUT2D eigenvalue weighted by molar-refractivity contribution is 0.0596. The summed E-state index contributed by atoms with van der Waals surface area (Å²) in [5.41, 5.74) is 2.03. The maximum atomic E-state index is 13.0. The van der Waals surface area contributed by atoms with Crippen molar-refractivity contribution in [1.82, 2.24) is 0 Å². The molecule has 2 aliphatic rings. The maximum absolute atomic E-state index is 13.0. The number of hydrogen-bond acceptors (Lipinski definition) is 9. The first-order chi connectivity index (χ1) is 15.0. The number of rotatable bonds is 5. The number of methoxy groups -OCH3 is 3. The van der Waals surface area contributed by atoms with Gasteiger partial charge < -0.3 is 28.5 Å². The van der Waals surface area contributed by atoms with Gasteiger partial charge in [-0.05, 0) is 30.3 Å². The second-order valence-electron chi connectivity index (χ2n) is 6.51. The molecule has 0 saturated heterocycles. The molecule has 0 unspecified atom stereocenters. The van der Waals surface area contributed by atoms with Crippen LogP contribution in [-0.2, 0) is 9.57 Å². The quantitative estimate of drug-likeness (QED) is 0.532. The van der Waals surface area contributed by atoms with Gasteiger partial charge in [-0.25, -0.2) is 4.79 Å². The van der Waals surface area contributed by atoms with Crippen LogP contribution in [0.15, 0.2) is 35.5 Å². The van der Waals surface area contributed by atoms with Crippen molar-refractivity contribution in [3.05, 3.63) is 52.6 Å². The van der Waals surface area contributed by atoms with Crippen molar-refractivity contribution in [2.24, 2.45) is 5.16 Å². The minimum atomic E-state index is -0.660. The third-order valence-corrected chi connectivity index (χ3v) is 4.97. The lowest BCUT2D eigenvalue weighted by atomic mass is 9.83. The molecule has 0 atom stereocenters. The first-order valence-electron chi connectivity index (χ1n) is 9.19. The number of carbonyl (C=O) groups excluding carboxylic acids is 2. The Bertz CT molecular complexity index is 1150. The molecule has 9 heteroatoms. The number of allylic oxidation sites excluding steroid dienone is 2. The Hall–Kier alpha value is -4.01. The molecule has 4 rings (SSSR count). The molecule has 0 aromatic heterocycles. The number of oxime groups is 1. The molecule has 0 amide bonds. The standard InChI is InChI=1S/C22H19NO8/c1-26-16-6-5-11(19(21(16)27-2)22(25)28-3)13-7-15(24)12-8-17-18(31-10-30-17)9-14(12)20(13)23-29-4/h5-9H,10H2,1-4H3/b23-20+. The monoisotopic (exact) mass is 425 g/mol. The lowest BCUT2D eigenvalue weighted by Gasteiger charge is -2.22. The SMILES string of the molecule is CO/N=C1\C(c2ccc(OC)c(OC)c2C(=O)OC)=CC(=O)c2cc3c(cc21)OCO3. The highest BCUT2D eigenvalue weighted by atomic mass is 16.7. The smallest absolute Gasteiger partial charge is 0.342 e. The molecule has 31 heavy (non-hydrogen) atoms. The van der Waals surface area contributed by atoms with Gasteiger partial charge in [0.25, 0.3) is 0 Å². The van der Waals surface area contributed by atoms with Gasteiger partial charge in [0, 0.05) is 22.3 Å². The van der Waals surface area contributed by atoms with Crippen LogP contribution in [0.1, 0.15) is 31.8 Å². The fourth-order valence-corrected chi connectivity index (χ4v) is 3.62. The topological polar surface area (TPSA) is 102 Å².